The number of rotatable bonds is 7. The number of hydrogen-bond acceptors (Lipinski definition) is 5. The van der Waals surface area contributed by atoms with E-state index in [1.165, 1.54) is 11.3 Å². The Morgan fingerprint density at radius 2 is 1.85 bits per heavy atom. The van der Waals surface area contributed by atoms with Crippen molar-refractivity contribution in [3.05, 3.63) is 5.01 Å². The molecule has 0 aliphatic rings. The van der Waals surface area contributed by atoms with Gasteiger partial charge in [-0.1, -0.05) is 44.9 Å². The van der Waals surface area contributed by atoms with Gasteiger partial charge in [0, 0.05) is 11.8 Å². The number of hydrogen-bond donors (Lipinski definition) is 2. The van der Waals surface area contributed by atoms with Crippen LogP contribution in [0, 0.1) is 0 Å². The molecular weight excluding hydrogens is 296 g/mol. The SMILES string of the molecule is CC(C)(C)c1nnc(NC(=O)CCCCCCN)s1.Cl. The molecule has 1 aromatic rings. The molecule has 0 aromatic carbocycles. The van der Waals surface area contributed by atoms with E-state index in [-0.39, 0.29) is 23.7 Å². The molecule has 116 valence electrons. The van der Waals surface area contributed by atoms with Gasteiger partial charge in [-0.2, -0.15) is 0 Å². The van der Waals surface area contributed by atoms with Crippen molar-refractivity contribution in [2.75, 3.05) is 11.9 Å². The van der Waals surface area contributed by atoms with E-state index < -0.39 is 0 Å². The van der Waals surface area contributed by atoms with Gasteiger partial charge in [0.15, 0.2) is 0 Å². The summed E-state index contributed by atoms with van der Waals surface area (Å²) in [4.78, 5) is 11.7. The first-order valence-electron chi connectivity index (χ1n) is 6.77. The van der Waals surface area contributed by atoms with Crippen LogP contribution in [0.4, 0.5) is 5.13 Å². The van der Waals surface area contributed by atoms with E-state index in [0.717, 1.165) is 37.2 Å². The maximum atomic E-state index is 11.7. The van der Waals surface area contributed by atoms with Gasteiger partial charge in [0.2, 0.25) is 11.0 Å². The summed E-state index contributed by atoms with van der Waals surface area (Å²) < 4.78 is 0. The Kier molecular flexibility index (Phi) is 8.93. The highest BCUT2D eigenvalue weighted by molar-refractivity contribution is 7.15. The molecule has 1 rings (SSSR count). The minimum Gasteiger partial charge on any atom is -0.330 e. The number of halogens is 1. The lowest BCUT2D eigenvalue weighted by atomic mass is 9.98. The van der Waals surface area contributed by atoms with Crippen LogP contribution in [-0.4, -0.2) is 22.6 Å². The molecule has 0 spiro atoms. The second-order valence-corrected chi connectivity index (χ2v) is 6.64. The lowest BCUT2D eigenvalue weighted by molar-refractivity contribution is -0.116. The lowest BCUT2D eigenvalue weighted by Gasteiger charge is -2.12. The fourth-order valence-electron chi connectivity index (χ4n) is 1.54. The van der Waals surface area contributed by atoms with Crippen LogP contribution in [0.25, 0.3) is 0 Å². The molecule has 0 fully saturated rings. The summed E-state index contributed by atoms with van der Waals surface area (Å²) in [7, 11) is 0. The number of carbonyl (C=O) groups is 1. The van der Waals surface area contributed by atoms with Crippen molar-refractivity contribution in [2.45, 2.75) is 58.3 Å². The van der Waals surface area contributed by atoms with Crippen molar-refractivity contribution in [1.82, 2.24) is 10.2 Å². The predicted molar refractivity (Wildman–Crippen MR) is 86.6 cm³/mol. The summed E-state index contributed by atoms with van der Waals surface area (Å²) in [6.45, 7) is 6.97. The van der Waals surface area contributed by atoms with E-state index in [4.69, 9.17) is 5.73 Å². The molecule has 0 unspecified atom stereocenters. The maximum absolute atomic E-state index is 11.7. The fourth-order valence-corrected chi connectivity index (χ4v) is 2.36. The number of nitrogens with two attached hydrogens (primary N) is 1. The molecule has 1 heterocycles. The average molecular weight is 321 g/mol. The summed E-state index contributed by atoms with van der Waals surface area (Å²) in [6, 6.07) is 0. The Labute approximate surface area is 131 Å². The van der Waals surface area contributed by atoms with Crippen molar-refractivity contribution >= 4 is 34.8 Å². The first-order chi connectivity index (χ1) is 8.93. The van der Waals surface area contributed by atoms with Crippen LogP contribution in [0.15, 0.2) is 0 Å². The molecule has 0 saturated carbocycles. The highest BCUT2D eigenvalue weighted by atomic mass is 35.5. The molecule has 20 heavy (non-hydrogen) atoms. The van der Waals surface area contributed by atoms with Crippen LogP contribution >= 0.6 is 23.7 Å². The topological polar surface area (TPSA) is 80.9 Å². The van der Waals surface area contributed by atoms with Gasteiger partial charge in [0.25, 0.3) is 0 Å². The van der Waals surface area contributed by atoms with Gasteiger partial charge in [-0.3, -0.25) is 4.79 Å². The summed E-state index contributed by atoms with van der Waals surface area (Å²) in [5.41, 5.74) is 5.39. The summed E-state index contributed by atoms with van der Waals surface area (Å²) in [5.74, 6) is 0.0179. The first kappa shape index (κ1) is 19.3. The van der Waals surface area contributed by atoms with Crippen LogP contribution in [-0.2, 0) is 10.2 Å². The van der Waals surface area contributed by atoms with Crippen LogP contribution in [0.1, 0.15) is 57.9 Å². The Bertz CT molecular complexity index is 403. The maximum Gasteiger partial charge on any atom is 0.226 e. The zero-order valence-electron chi connectivity index (χ0n) is 12.4. The van der Waals surface area contributed by atoms with Gasteiger partial charge in [0.1, 0.15) is 5.01 Å². The molecule has 0 aliphatic heterocycles. The van der Waals surface area contributed by atoms with Gasteiger partial charge >= 0.3 is 0 Å². The highest BCUT2D eigenvalue weighted by Gasteiger charge is 2.19. The van der Waals surface area contributed by atoms with Crippen molar-refractivity contribution in [3.8, 4) is 0 Å². The molecule has 1 aromatic heterocycles. The minimum absolute atomic E-state index is 0. The van der Waals surface area contributed by atoms with Crippen LogP contribution in [0.5, 0.6) is 0 Å². The van der Waals surface area contributed by atoms with E-state index in [9.17, 15) is 4.79 Å². The summed E-state index contributed by atoms with van der Waals surface area (Å²) in [6.07, 6.45) is 4.61. The Balaban J connectivity index is 0.00000361. The minimum atomic E-state index is -0.0249. The summed E-state index contributed by atoms with van der Waals surface area (Å²) in [5, 5.41) is 12.4. The molecule has 0 atom stereocenters. The van der Waals surface area contributed by atoms with E-state index in [2.05, 4.69) is 36.3 Å². The fraction of sp³-hybridized carbons (Fsp3) is 0.769. The van der Waals surface area contributed by atoms with E-state index in [1.54, 1.807) is 0 Å². The van der Waals surface area contributed by atoms with Crippen molar-refractivity contribution in [1.29, 1.82) is 0 Å². The Hall–Kier alpha value is -0.720. The summed E-state index contributed by atoms with van der Waals surface area (Å²) >= 11 is 1.44. The van der Waals surface area contributed by atoms with Crippen molar-refractivity contribution in [3.63, 3.8) is 0 Å². The third kappa shape index (κ3) is 7.17. The molecule has 1 amide bonds. The predicted octanol–water partition coefficient (Wildman–Crippen LogP) is 3.11. The van der Waals surface area contributed by atoms with Crippen molar-refractivity contribution in [2.24, 2.45) is 5.73 Å². The van der Waals surface area contributed by atoms with Crippen LogP contribution < -0.4 is 11.1 Å². The van der Waals surface area contributed by atoms with E-state index in [1.807, 2.05) is 0 Å². The molecule has 0 aliphatic carbocycles. The normalized spacial score (nSPS) is 11.0. The molecular formula is C13H25ClN4OS. The third-order valence-electron chi connectivity index (χ3n) is 2.67. The Morgan fingerprint density at radius 3 is 2.40 bits per heavy atom. The monoisotopic (exact) mass is 320 g/mol. The highest BCUT2D eigenvalue weighted by Crippen LogP contribution is 2.27. The standard InChI is InChI=1S/C13H24N4OS.ClH/c1-13(2,3)11-16-17-12(19-11)15-10(18)8-6-4-5-7-9-14;/h4-9,14H2,1-3H3,(H,15,17,18);1H. The van der Waals surface area contributed by atoms with Gasteiger partial charge in [-0.15, -0.1) is 22.6 Å². The molecule has 0 bridgehead atoms. The number of nitrogens with zero attached hydrogens (tertiary/aromatic N) is 2. The van der Waals surface area contributed by atoms with Gasteiger partial charge in [-0.25, -0.2) is 0 Å². The number of nitrogens with one attached hydrogen (secondary N) is 1. The number of anilines is 1. The van der Waals surface area contributed by atoms with E-state index >= 15 is 0 Å². The largest absolute Gasteiger partial charge is 0.330 e. The lowest BCUT2D eigenvalue weighted by Crippen LogP contribution is -2.11. The zero-order valence-corrected chi connectivity index (χ0v) is 14.1. The number of carbonyl (C=O) groups excluding carboxylic acids is 1. The van der Waals surface area contributed by atoms with Gasteiger partial charge in [0.05, 0.1) is 0 Å². The second-order valence-electron chi connectivity index (χ2n) is 5.66. The van der Waals surface area contributed by atoms with Gasteiger partial charge < -0.3 is 11.1 Å². The second kappa shape index (κ2) is 9.26. The molecule has 0 radical (unpaired) electrons. The van der Waals surface area contributed by atoms with E-state index in [0.29, 0.717) is 11.6 Å². The molecule has 5 nitrogen and oxygen atoms in total. The third-order valence-corrected chi connectivity index (χ3v) is 3.94. The molecule has 3 N–H and O–H groups in total. The van der Waals surface area contributed by atoms with Gasteiger partial charge in [-0.05, 0) is 19.4 Å². The van der Waals surface area contributed by atoms with Crippen LogP contribution in [0.2, 0.25) is 0 Å². The smallest absolute Gasteiger partial charge is 0.226 e. The average Bonchev–Trinajstić information content (AvgIpc) is 2.77. The molecule has 0 saturated heterocycles. The number of unbranched alkanes of at least 4 members (excludes halogenated alkanes) is 3. The van der Waals surface area contributed by atoms with Crippen LogP contribution in [0.3, 0.4) is 0 Å². The Morgan fingerprint density at radius 1 is 1.20 bits per heavy atom. The molecule has 7 heteroatoms. The quantitative estimate of drug-likeness (QED) is 0.756. The number of aromatic nitrogens is 2. The number of amides is 1. The first-order valence-corrected chi connectivity index (χ1v) is 7.59. The van der Waals surface area contributed by atoms with Crippen molar-refractivity contribution < 1.29 is 4.79 Å². The zero-order chi connectivity index (χ0) is 14.3.